The SMILES string of the molecule is Cc1nc(CCNC(=O)c2cc(F)cnc2N)cs1. The fourth-order valence-electron chi connectivity index (χ4n) is 1.55. The van der Waals surface area contributed by atoms with Crippen molar-refractivity contribution in [2.75, 3.05) is 12.3 Å². The number of rotatable bonds is 4. The van der Waals surface area contributed by atoms with E-state index in [1.807, 2.05) is 12.3 Å². The molecule has 0 saturated carbocycles. The monoisotopic (exact) mass is 280 g/mol. The van der Waals surface area contributed by atoms with Gasteiger partial charge in [-0.3, -0.25) is 4.79 Å². The zero-order valence-corrected chi connectivity index (χ0v) is 11.1. The third-order valence-corrected chi connectivity index (χ3v) is 3.29. The van der Waals surface area contributed by atoms with E-state index in [-0.39, 0.29) is 11.4 Å². The van der Waals surface area contributed by atoms with Gasteiger partial charge in [-0.2, -0.15) is 0 Å². The molecule has 0 aliphatic heterocycles. The number of hydrogen-bond acceptors (Lipinski definition) is 5. The molecule has 0 aromatic carbocycles. The van der Waals surface area contributed by atoms with Gasteiger partial charge in [-0.1, -0.05) is 0 Å². The Morgan fingerprint density at radius 2 is 2.37 bits per heavy atom. The number of nitrogens with one attached hydrogen (secondary N) is 1. The molecule has 3 N–H and O–H groups in total. The number of nitrogen functional groups attached to an aromatic ring is 1. The number of aryl methyl sites for hydroxylation is 1. The van der Waals surface area contributed by atoms with E-state index in [1.165, 1.54) is 0 Å². The molecule has 0 spiro atoms. The molecule has 7 heteroatoms. The van der Waals surface area contributed by atoms with E-state index in [9.17, 15) is 9.18 Å². The maximum absolute atomic E-state index is 13.0. The van der Waals surface area contributed by atoms with E-state index in [2.05, 4.69) is 15.3 Å². The van der Waals surface area contributed by atoms with Crippen LogP contribution in [0.3, 0.4) is 0 Å². The molecule has 0 aliphatic rings. The molecule has 0 aliphatic carbocycles. The van der Waals surface area contributed by atoms with Crippen molar-refractivity contribution in [3.05, 3.63) is 39.7 Å². The standard InChI is InChI=1S/C12H13FN4OS/c1-7-17-9(6-19-7)2-3-15-12(18)10-4-8(13)5-16-11(10)14/h4-6H,2-3H2,1H3,(H2,14,16)(H,15,18). The summed E-state index contributed by atoms with van der Waals surface area (Å²) in [5.74, 6) is -1.01. The quantitative estimate of drug-likeness (QED) is 0.890. The van der Waals surface area contributed by atoms with E-state index >= 15 is 0 Å². The number of anilines is 1. The van der Waals surface area contributed by atoms with Gasteiger partial charge in [0.05, 0.1) is 22.5 Å². The Balaban J connectivity index is 1.92. The fraction of sp³-hybridized carbons (Fsp3) is 0.250. The third-order valence-electron chi connectivity index (χ3n) is 2.46. The molecular formula is C12H13FN4OS. The molecule has 0 bridgehead atoms. The Morgan fingerprint density at radius 1 is 1.58 bits per heavy atom. The van der Waals surface area contributed by atoms with Crippen LogP contribution < -0.4 is 11.1 Å². The maximum atomic E-state index is 13.0. The Kier molecular flexibility index (Phi) is 4.06. The van der Waals surface area contributed by atoms with Crippen LogP contribution in [0.25, 0.3) is 0 Å². The van der Waals surface area contributed by atoms with Crippen molar-refractivity contribution < 1.29 is 9.18 Å². The lowest BCUT2D eigenvalue weighted by atomic mass is 10.2. The van der Waals surface area contributed by atoms with Crippen LogP contribution in [-0.2, 0) is 6.42 Å². The average molecular weight is 280 g/mol. The highest BCUT2D eigenvalue weighted by Crippen LogP contribution is 2.10. The van der Waals surface area contributed by atoms with Crippen molar-refractivity contribution in [1.29, 1.82) is 0 Å². The summed E-state index contributed by atoms with van der Waals surface area (Å²) in [6, 6.07) is 1.07. The minimum absolute atomic E-state index is 0.0170. The number of aromatic nitrogens is 2. The summed E-state index contributed by atoms with van der Waals surface area (Å²) in [5, 5.41) is 5.59. The van der Waals surface area contributed by atoms with Crippen molar-refractivity contribution in [2.45, 2.75) is 13.3 Å². The molecule has 2 aromatic heterocycles. The Labute approximate surface area is 113 Å². The fourth-order valence-corrected chi connectivity index (χ4v) is 2.20. The van der Waals surface area contributed by atoms with E-state index in [0.717, 1.165) is 23.0 Å². The topological polar surface area (TPSA) is 80.9 Å². The van der Waals surface area contributed by atoms with Gasteiger partial charge in [0.1, 0.15) is 11.6 Å². The number of thiazole rings is 1. The molecule has 0 atom stereocenters. The van der Waals surface area contributed by atoms with Crippen molar-refractivity contribution in [3.63, 3.8) is 0 Å². The minimum atomic E-state index is -0.588. The lowest BCUT2D eigenvalue weighted by Gasteiger charge is -2.06. The smallest absolute Gasteiger partial charge is 0.255 e. The lowest BCUT2D eigenvalue weighted by molar-refractivity contribution is 0.0954. The summed E-state index contributed by atoms with van der Waals surface area (Å²) in [5.41, 5.74) is 6.50. The lowest BCUT2D eigenvalue weighted by Crippen LogP contribution is -2.27. The van der Waals surface area contributed by atoms with Crippen molar-refractivity contribution >= 4 is 23.1 Å². The van der Waals surface area contributed by atoms with Gasteiger partial charge in [0.15, 0.2) is 0 Å². The predicted octanol–water partition coefficient (Wildman–Crippen LogP) is 1.54. The number of amides is 1. The summed E-state index contributed by atoms with van der Waals surface area (Å²) in [4.78, 5) is 19.7. The van der Waals surface area contributed by atoms with Crippen LogP contribution in [0, 0.1) is 12.7 Å². The van der Waals surface area contributed by atoms with Crippen molar-refractivity contribution in [2.24, 2.45) is 0 Å². The largest absolute Gasteiger partial charge is 0.383 e. The van der Waals surface area contributed by atoms with Crippen LogP contribution in [0.5, 0.6) is 0 Å². The summed E-state index contributed by atoms with van der Waals surface area (Å²) in [6.45, 7) is 2.34. The predicted molar refractivity (Wildman–Crippen MR) is 71.5 cm³/mol. The number of halogens is 1. The first kappa shape index (κ1) is 13.4. The molecule has 5 nitrogen and oxygen atoms in total. The van der Waals surface area contributed by atoms with Crippen LogP contribution in [0.1, 0.15) is 21.1 Å². The van der Waals surface area contributed by atoms with Crippen molar-refractivity contribution in [3.8, 4) is 0 Å². The summed E-state index contributed by atoms with van der Waals surface area (Å²) >= 11 is 1.56. The second-order valence-electron chi connectivity index (χ2n) is 3.95. The van der Waals surface area contributed by atoms with Gasteiger partial charge in [0.25, 0.3) is 5.91 Å². The van der Waals surface area contributed by atoms with E-state index in [0.29, 0.717) is 13.0 Å². The Bertz CT molecular complexity index is 599. The summed E-state index contributed by atoms with van der Waals surface area (Å²) < 4.78 is 13.0. The second-order valence-corrected chi connectivity index (χ2v) is 5.01. The molecular weight excluding hydrogens is 267 g/mol. The first-order chi connectivity index (χ1) is 9.06. The van der Waals surface area contributed by atoms with Crippen LogP contribution in [0.4, 0.5) is 10.2 Å². The third kappa shape index (κ3) is 3.47. The average Bonchev–Trinajstić information content (AvgIpc) is 2.78. The number of carbonyl (C=O) groups is 1. The minimum Gasteiger partial charge on any atom is -0.383 e. The van der Waals surface area contributed by atoms with Gasteiger partial charge in [-0.05, 0) is 13.0 Å². The molecule has 0 unspecified atom stereocenters. The van der Waals surface area contributed by atoms with Crippen LogP contribution in [-0.4, -0.2) is 22.4 Å². The highest BCUT2D eigenvalue weighted by molar-refractivity contribution is 7.09. The zero-order valence-electron chi connectivity index (χ0n) is 10.3. The molecule has 19 heavy (non-hydrogen) atoms. The van der Waals surface area contributed by atoms with E-state index < -0.39 is 11.7 Å². The number of nitrogens with two attached hydrogens (primary N) is 1. The normalized spacial score (nSPS) is 10.4. The van der Waals surface area contributed by atoms with Crippen LogP contribution in [0.15, 0.2) is 17.6 Å². The summed E-state index contributed by atoms with van der Waals surface area (Å²) in [7, 11) is 0. The van der Waals surface area contributed by atoms with Gasteiger partial charge >= 0.3 is 0 Å². The zero-order chi connectivity index (χ0) is 13.8. The maximum Gasteiger partial charge on any atom is 0.255 e. The molecule has 1 amide bonds. The number of carbonyl (C=O) groups excluding carboxylic acids is 1. The molecule has 2 rings (SSSR count). The summed E-state index contributed by atoms with van der Waals surface area (Å²) in [6.07, 6.45) is 1.60. The van der Waals surface area contributed by atoms with Gasteiger partial charge in [0.2, 0.25) is 0 Å². The molecule has 0 radical (unpaired) electrons. The van der Waals surface area contributed by atoms with E-state index in [4.69, 9.17) is 5.73 Å². The van der Waals surface area contributed by atoms with Gasteiger partial charge in [-0.15, -0.1) is 11.3 Å². The Hall–Kier alpha value is -2.02. The van der Waals surface area contributed by atoms with Gasteiger partial charge < -0.3 is 11.1 Å². The molecule has 0 fully saturated rings. The van der Waals surface area contributed by atoms with E-state index in [1.54, 1.807) is 11.3 Å². The number of pyridine rings is 1. The highest BCUT2D eigenvalue weighted by atomic mass is 32.1. The molecule has 100 valence electrons. The molecule has 2 heterocycles. The number of hydrogen-bond donors (Lipinski definition) is 2. The second kappa shape index (κ2) is 5.75. The first-order valence-electron chi connectivity index (χ1n) is 5.66. The van der Waals surface area contributed by atoms with Gasteiger partial charge in [-0.25, -0.2) is 14.4 Å². The Morgan fingerprint density at radius 3 is 3.05 bits per heavy atom. The van der Waals surface area contributed by atoms with Gasteiger partial charge in [0, 0.05) is 18.3 Å². The van der Waals surface area contributed by atoms with Crippen molar-refractivity contribution in [1.82, 2.24) is 15.3 Å². The van der Waals surface area contributed by atoms with Crippen LogP contribution >= 0.6 is 11.3 Å². The van der Waals surface area contributed by atoms with Crippen LogP contribution in [0.2, 0.25) is 0 Å². The number of nitrogens with zero attached hydrogens (tertiary/aromatic N) is 2. The molecule has 2 aromatic rings. The first-order valence-corrected chi connectivity index (χ1v) is 6.54. The highest BCUT2D eigenvalue weighted by Gasteiger charge is 2.11. The molecule has 0 saturated heterocycles.